The number of anilines is 3. The van der Waals surface area contributed by atoms with Crippen LogP contribution in [0, 0.1) is 6.92 Å². The number of nitrogens with zero attached hydrogens (tertiary/aromatic N) is 5. The number of hydrogen-bond acceptors (Lipinski definition) is 9. The first-order valence-electron chi connectivity index (χ1n) is 14.1. The van der Waals surface area contributed by atoms with Gasteiger partial charge in [-0.15, -0.1) is 0 Å². The summed E-state index contributed by atoms with van der Waals surface area (Å²) in [6.07, 6.45) is 8.28. The molecule has 38 heavy (non-hydrogen) atoms. The van der Waals surface area contributed by atoms with Crippen LogP contribution in [-0.2, 0) is 14.2 Å². The number of fused-ring (bicyclic) bond motifs is 2. The Morgan fingerprint density at radius 2 is 1.84 bits per heavy atom. The Morgan fingerprint density at radius 3 is 2.53 bits per heavy atom. The Bertz CT molecular complexity index is 1100. The minimum Gasteiger partial charge on any atom is -0.446 e. The van der Waals surface area contributed by atoms with Crippen molar-refractivity contribution in [1.29, 1.82) is 0 Å². The summed E-state index contributed by atoms with van der Waals surface area (Å²) in [5, 5.41) is 10.6. The fourth-order valence-corrected chi connectivity index (χ4v) is 6.39. The Hall–Kier alpha value is -2.92. The third-order valence-electron chi connectivity index (χ3n) is 8.42. The lowest BCUT2D eigenvalue weighted by molar-refractivity contribution is -0.0344. The smallest absolute Gasteiger partial charge is 0.410 e. The van der Waals surface area contributed by atoms with E-state index in [1.807, 2.05) is 24.0 Å². The molecule has 206 valence electrons. The topological polar surface area (TPSA) is 118 Å². The number of rotatable bonds is 6. The predicted molar refractivity (Wildman–Crippen MR) is 142 cm³/mol. The largest absolute Gasteiger partial charge is 0.446 e. The number of aromatic nitrogens is 4. The SMILES string of the molecule is Cc1cc(Nc2cc(C3CCCO3)nc(N(C)[C@@H]3C[C@H]4CCC[C@@H](C3)N4C(=O)OC3CCOCC3)n2)n[nH]1. The molecule has 2 N–H and O–H groups in total. The van der Waals surface area contributed by atoms with Gasteiger partial charge in [-0.05, 0) is 51.9 Å². The molecule has 4 fully saturated rings. The molecule has 6 rings (SSSR count). The zero-order valence-electron chi connectivity index (χ0n) is 22.4. The first-order chi connectivity index (χ1) is 18.5. The Labute approximate surface area is 223 Å². The quantitative estimate of drug-likeness (QED) is 0.571. The molecule has 4 saturated heterocycles. The van der Waals surface area contributed by atoms with Crippen molar-refractivity contribution in [3.63, 3.8) is 0 Å². The summed E-state index contributed by atoms with van der Waals surface area (Å²) in [6.45, 7) is 4.06. The molecular weight excluding hydrogens is 486 g/mol. The molecule has 2 bridgehead atoms. The molecule has 4 aliphatic rings. The van der Waals surface area contributed by atoms with E-state index in [1.54, 1.807) is 0 Å². The van der Waals surface area contributed by atoms with Crippen LogP contribution in [0.1, 0.15) is 75.3 Å². The minimum absolute atomic E-state index is 0.0206. The van der Waals surface area contributed by atoms with Crippen molar-refractivity contribution >= 4 is 23.7 Å². The van der Waals surface area contributed by atoms with Crippen LogP contribution >= 0.6 is 0 Å². The highest BCUT2D eigenvalue weighted by Gasteiger charge is 2.44. The number of nitrogens with one attached hydrogen (secondary N) is 2. The normalized spacial score (nSPS) is 27.8. The highest BCUT2D eigenvalue weighted by atomic mass is 16.6. The van der Waals surface area contributed by atoms with Crippen LogP contribution < -0.4 is 10.2 Å². The summed E-state index contributed by atoms with van der Waals surface area (Å²) < 4.78 is 17.3. The summed E-state index contributed by atoms with van der Waals surface area (Å²) in [5.41, 5.74) is 1.87. The van der Waals surface area contributed by atoms with E-state index in [0.717, 1.165) is 81.6 Å². The minimum atomic E-state index is -0.148. The van der Waals surface area contributed by atoms with E-state index in [1.165, 1.54) is 0 Å². The second-order valence-electron chi connectivity index (χ2n) is 11.1. The number of carbonyl (C=O) groups excluding carboxylic acids is 1. The van der Waals surface area contributed by atoms with Crippen LogP contribution in [-0.4, -0.2) is 82.3 Å². The van der Waals surface area contributed by atoms with E-state index in [4.69, 9.17) is 24.2 Å². The molecule has 11 heteroatoms. The highest BCUT2D eigenvalue weighted by molar-refractivity contribution is 5.69. The second-order valence-corrected chi connectivity index (χ2v) is 11.1. The van der Waals surface area contributed by atoms with Gasteiger partial charge in [-0.1, -0.05) is 0 Å². The monoisotopic (exact) mass is 525 g/mol. The van der Waals surface area contributed by atoms with Crippen LogP contribution in [0.2, 0.25) is 0 Å². The zero-order chi connectivity index (χ0) is 26.1. The summed E-state index contributed by atoms with van der Waals surface area (Å²) in [6, 6.07) is 4.51. The molecule has 0 saturated carbocycles. The summed E-state index contributed by atoms with van der Waals surface area (Å²) in [4.78, 5) is 27.3. The molecule has 1 amide bonds. The lowest BCUT2D eigenvalue weighted by Crippen LogP contribution is -2.59. The van der Waals surface area contributed by atoms with E-state index >= 15 is 0 Å². The molecule has 1 unspecified atom stereocenters. The molecule has 0 spiro atoms. The molecule has 0 radical (unpaired) electrons. The maximum absolute atomic E-state index is 13.2. The lowest BCUT2D eigenvalue weighted by Gasteiger charge is -2.50. The van der Waals surface area contributed by atoms with Gasteiger partial charge >= 0.3 is 6.09 Å². The second kappa shape index (κ2) is 11.1. The maximum Gasteiger partial charge on any atom is 0.410 e. The van der Waals surface area contributed by atoms with E-state index in [9.17, 15) is 4.79 Å². The van der Waals surface area contributed by atoms with Crippen LogP contribution in [0.4, 0.5) is 22.4 Å². The van der Waals surface area contributed by atoms with Gasteiger partial charge in [0.25, 0.3) is 0 Å². The van der Waals surface area contributed by atoms with E-state index in [0.29, 0.717) is 25.0 Å². The van der Waals surface area contributed by atoms with Crippen molar-refractivity contribution in [2.24, 2.45) is 0 Å². The summed E-state index contributed by atoms with van der Waals surface area (Å²) >= 11 is 0. The number of ether oxygens (including phenoxy) is 3. The molecule has 0 aromatic carbocycles. The van der Waals surface area contributed by atoms with Crippen LogP contribution in [0.5, 0.6) is 0 Å². The van der Waals surface area contributed by atoms with Crippen molar-refractivity contribution in [2.45, 2.75) is 95.0 Å². The number of hydrogen-bond donors (Lipinski definition) is 2. The van der Waals surface area contributed by atoms with Crippen LogP contribution in [0.3, 0.4) is 0 Å². The first-order valence-corrected chi connectivity index (χ1v) is 14.1. The van der Waals surface area contributed by atoms with Gasteiger partial charge in [0.2, 0.25) is 5.95 Å². The third-order valence-corrected chi connectivity index (χ3v) is 8.42. The zero-order valence-corrected chi connectivity index (χ0v) is 22.4. The number of aromatic amines is 1. The maximum atomic E-state index is 13.2. The fraction of sp³-hybridized carbons (Fsp3) is 0.704. The van der Waals surface area contributed by atoms with E-state index in [2.05, 4.69) is 27.5 Å². The average Bonchev–Trinajstić information content (AvgIpc) is 3.60. The molecule has 11 nitrogen and oxygen atoms in total. The standard InChI is InChI=1S/C27H39N7O4/c1-17-13-25(32-31-17)29-24-16-22(23-7-4-10-37-23)28-26(30-24)33(2)20-14-18-5-3-6-19(15-20)34(18)27(35)38-21-8-11-36-12-9-21/h13,16,18-21,23H,3-12,14-15H2,1-2H3,(H2,28,29,30,31,32)/t18-,19+,20-,23?. The Morgan fingerprint density at radius 1 is 1.05 bits per heavy atom. The molecule has 6 heterocycles. The first kappa shape index (κ1) is 25.4. The highest BCUT2D eigenvalue weighted by Crippen LogP contribution is 2.38. The fourth-order valence-electron chi connectivity index (χ4n) is 6.39. The van der Waals surface area contributed by atoms with E-state index < -0.39 is 0 Å². The van der Waals surface area contributed by atoms with Crippen molar-refractivity contribution < 1.29 is 19.0 Å². The summed E-state index contributed by atoms with van der Waals surface area (Å²) in [5.74, 6) is 2.10. The number of amides is 1. The van der Waals surface area contributed by atoms with Gasteiger partial charge < -0.3 is 29.3 Å². The Kier molecular flexibility index (Phi) is 7.38. The van der Waals surface area contributed by atoms with E-state index in [-0.39, 0.29) is 36.4 Å². The van der Waals surface area contributed by atoms with Crippen LogP contribution in [0.25, 0.3) is 0 Å². The van der Waals surface area contributed by atoms with Crippen molar-refractivity contribution in [1.82, 2.24) is 25.1 Å². The summed E-state index contributed by atoms with van der Waals surface area (Å²) in [7, 11) is 2.08. The number of piperidine rings is 2. The number of H-pyrrole nitrogens is 1. The molecule has 4 aliphatic heterocycles. The average molecular weight is 526 g/mol. The van der Waals surface area contributed by atoms with Crippen LogP contribution in [0.15, 0.2) is 12.1 Å². The number of aryl methyl sites for hydroxylation is 1. The van der Waals surface area contributed by atoms with Gasteiger partial charge in [0, 0.05) is 62.4 Å². The van der Waals surface area contributed by atoms with Crippen molar-refractivity contribution in [3.8, 4) is 0 Å². The van der Waals surface area contributed by atoms with Gasteiger partial charge in [-0.25, -0.2) is 9.78 Å². The third kappa shape index (κ3) is 5.44. The molecule has 4 atom stereocenters. The van der Waals surface area contributed by atoms with Crippen molar-refractivity contribution in [3.05, 3.63) is 23.5 Å². The Balaban J connectivity index is 1.19. The predicted octanol–water partition coefficient (Wildman–Crippen LogP) is 4.24. The van der Waals surface area contributed by atoms with Gasteiger partial charge in [-0.2, -0.15) is 10.1 Å². The number of carbonyl (C=O) groups is 1. The van der Waals surface area contributed by atoms with Gasteiger partial charge in [-0.3, -0.25) is 5.10 Å². The van der Waals surface area contributed by atoms with Gasteiger partial charge in [0.05, 0.1) is 25.0 Å². The van der Waals surface area contributed by atoms with Crippen molar-refractivity contribution in [2.75, 3.05) is 37.1 Å². The molecular formula is C27H39N7O4. The lowest BCUT2D eigenvalue weighted by atomic mass is 9.81. The molecule has 0 aliphatic carbocycles. The van der Waals surface area contributed by atoms with Gasteiger partial charge in [0.15, 0.2) is 5.82 Å². The molecule has 2 aromatic heterocycles. The van der Waals surface area contributed by atoms with Gasteiger partial charge in [0.1, 0.15) is 11.9 Å². The molecule has 2 aromatic rings.